The first-order valence-corrected chi connectivity index (χ1v) is 16.7. The van der Waals surface area contributed by atoms with Gasteiger partial charge in [0, 0.05) is 38.3 Å². The standard InChI is InChI=1S/C34H45Cl2N3O5/c1-2-3-4-5-6-7-9-24-43-34(41)44-26-39-31-25-28(16-14-27(31)15-17-32(39)40)42-23-10-8-18-37-19-21-38(22-20-37)30-13-11-12-29(35)33(30)36/h11-17,25H,2-10,18-24,26H2,1H3. The van der Waals surface area contributed by atoms with Gasteiger partial charge in [0.2, 0.25) is 0 Å². The molecule has 10 heteroatoms. The van der Waals surface area contributed by atoms with E-state index in [1.165, 1.54) is 36.3 Å². The molecule has 1 aliphatic rings. The predicted molar refractivity (Wildman–Crippen MR) is 178 cm³/mol. The second kappa shape index (κ2) is 18.1. The van der Waals surface area contributed by atoms with Crippen LogP contribution >= 0.6 is 23.2 Å². The third-order valence-corrected chi connectivity index (χ3v) is 8.83. The number of carbonyl (C=O) groups is 1. The van der Waals surface area contributed by atoms with Crippen LogP contribution in [0.2, 0.25) is 10.0 Å². The van der Waals surface area contributed by atoms with Crippen LogP contribution in [0.5, 0.6) is 5.75 Å². The van der Waals surface area contributed by atoms with Crippen molar-refractivity contribution >= 4 is 45.9 Å². The van der Waals surface area contributed by atoms with E-state index < -0.39 is 6.16 Å². The van der Waals surface area contributed by atoms with Gasteiger partial charge in [0.25, 0.3) is 5.56 Å². The van der Waals surface area contributed by atoms with Crippen LogP contribution in [0, 0.1) is 0 Å². The smallest absolute Gasteiger partial charge is 0.494 e. The Bertz CT molecular complexity index is 1390. The van der Waals surface area contributed by atoms with Gasteiger partial charge < -0.3 is 19.1 Å². The number of hydrogen-bond donors (Lipinski definition) is 0. The zero-order valence-corrected chi connectivity index (χ0v) is 27.3. The Morgan fingerprint density at radius 3 is 2.34 bits per heavy atom. The number of fused-ring (bicyclic) bond motifs is 1. The Balaban J connectivity index is 1.17. The zero-order valence-electron chi connectivity index (χ0n) is 25.8. The zero-order chi connectivity index (χ0) is 31.1. The molecule has 0 radical (unpaired) electrons. The minimum absolute atomic E-state index is 0.216. The Morgan fingerprint density at radius 1 is 0.818 bits per heavy atom. The molecule has 0 atom stereocenters. The number of halogens is 2. The van der Waals surface area contributed by atoms with Crippen molar-refractivity contribution in [2.24, 2.45) is 0 Å². The van der Waals surface area contributed by atoms with Crippen LogP contribution < -0.4 is 15.2 Å². The van der Waals surface area contributed by atoms with Crippen molar-refractivity contribution in [1.29, 1.82) is 0 Å². The van der Waals surface area contributed by atoms with Gasteiger partial charge in [0.15, 0.2) is 6.73 Å². The van der Waals surface area contributed by atoms with E-state index in [0.717, 1.165) is 75.9 Å². The molecule has 0 amide bonds. The lowest BCUT2D eigenvalue weighted by molar-refractivity contribution is 0.0331. The number of hydrogen-bond acceptors (Lipinski definition) is 7. The predicted octanol–water partition coefficient (Wildman–Crippen LogP) is 8.15. The molecule has 44 heavy (non-hydrogen) atoms. The molecule has 0 unspecified atom stereocenters. The number of anilines is 1. The maximum absolute atomic E-state index is 12.6. The fraction of sp³-hybridized carbons (Fsp3) is 0.529. The number of pyridine rings is 1. The summed E-state index contributed by atoms with van der Waals surface area (Å²) < 4.78 is 17.9. The van der Waals surface area contributed by atoms with Crippen LogP contribution in [0.25, 0.3) is 10.9 Å². The first-order valence-electron chi connectivity index (χ1n) is 15.9. The maximum atomic E-state index is 12.6. The third kappa shape index (κ3) is 10.3. The summed E-state index contributed by atoms with van der Waals surface area (Å²) in [6.45, 7) is 7.65. The number of rotatable bonds is 17. The van der Waals surface area contributed by atoms with E-state index in [1.54, 1.807) is 6.07 Å². The van der Waals surface area contributed by atoms with Crippen LogP contribution in [0.1, 0.15) is 64.7 Å². The summed E-state index contributed by atoms with van der Waals surface area (Å²) in [6, 6.07) is 14.6. The van der Waals surface area contributed by atoms with Gasteiger partial charge in [0.05, 0.1) is 34.5 Å². The van der Waals surface area contributed by atoms with E-state index in [9.17, 15) is 9.59 Å². The molecular formula is C34H45Cl2N3O5. The fourth-order valence-corrected chi connectivity index (χ4v) is 5.86. The molecule has 0 saturated carbocycles. The summed E-state index contributed by atoms with van der Waals surface area (Å²) in [5.74, 6) is 0.672. The summed E-state index contributed by atoms with van der Waals surface area (Å²) in [4.78, 5) is 29.5. The molecule has 0 spiro atoms. The summed E-state index contributed by atoms with van der Waals surface area (Å²) in [6.07, 6.45) is 9.12. The average molecular weight is 647 g/mol. The topological polar surface area (TPSA) is 73.2 Å². The SMILES string of the molecule is CCCCCCCCCOC(=O)OCn1c(=O)ccc2ccc(OCCCCN3CCN(c4cccc(Cl)c4Cl)CC3)cc21. The van der Waals surface area contributed by atoms with Crippen LogP contribution in [0.4, 0.5) is 10.5 Å². The van der Waals surface area contributed by atoms with Crippen molar-refractivity contribution in [1.82, 2.24) is 9.47 Å². The van der Waals surface area contributed by atoms with E-state index in [4.69, 9.17) is 37.4 Å². The number of aromatic nitrogens is 1. The van der Waals surface area contributed by atoms with E-state index in [-0.39, 0.29) is 12.3 Å². The number of benzene rings is 2. The number of unbranched alkanes of at least 4 members (excludes halogenated alkanes) is 7. The minimum Gasteiger partial charge on any atom is -0.494 e. The van der Waals surface area contributed by atoms with Crippen molar-refractivity contribution in [3.8, 4) is 5.75 Å². The van der Waals surface area contributed by atoms with E-state index in [1.807, 2.05) is 36.4 Å². The molecule has 1 saturated heterocycles. The van der Waals surface area contributed by atoms with Crippen molar-refractivity contribution in [2.75, 3.05) is 50.8 Å². The van der Waals surface area contributed by atoms with Crippen molar-refractivity contribution in [2.45, 2.75) is 71.4 Å². The van der Waals surface area contributed by atoms with E-state index in [0.29, 0.717) is 34.5 Å². The highest BCUT2D eigenvalue weighted by atomic mass is 35.5. The van der Waals surface area contributed by atoms with Crippen LogP contribution in [-0.4, -0.2) is 61.6 Å². The van der Waals surface area contributed by atoms with Gasteiger partial charge in [-0.3, -0.25) is 14.3 Å². The molecule has 2 aromatic carbocycles. The lowest BCUT2D eigenvalue weighted by Crippen LogP contribution is -2.46. The van der Waals surface area contributed by atoms with Gasteiger partial charge in [0.1, 0.15) is 5.75 Å². The van der Waals surface area contributed by atoms with Crippen LogP contribution in [-0.2, 0) is 16.2 Å². The molecule has 1 fully saturated rings. The lowest BCUT2D eigenvalue weighted by atomic mass is 10.1. The number of carbonyl (C=O) groups excluding carboxylic acids is 1. The molecule has 4 rings (SSSR count). The molecular weight excluding hydrogens is 601 g/mol. The molecule has 1 aromatic heterocycles. The molecule has 240 valence electrons. The van der Waals surface area contributed by atoms with Gasteiger partial charge in [-0.15, -0.1) is 0 Å². The van der Waals surface area contributed by atoms with Gasteiger partial charge in [-0.1, -0.05) is 74.7 Å². The van der Waals surface area contributed by atoms with E-state index >= 15 is 0 Å². The molecule has 3 aromatic rings. The summed E-state index contributed by atoms with van der Waals surface area (Å²) >= 11 is 12.6. The minimum atomic E-state index is -0.762. The Kier molecular flexibility index (Phi) is 14.0. The Labute approximate surface area is 270 Å². The highest BCUT2D eigenvalue weighted by Gasteiger charge is 2.19. The average Bonchev–Trinajstić information content (AvgIpc) is 3.03. The monoisotopic (exact) mass is 645 g/mol. The first-order chi connectivity index (χ1) is 21.5. The Morgan fingerprint density at radius 2 is 1.55 bits per heavy atom. The summed E-state index contributed by atoms with van der Waals surface area (Å²) in [7, 11) is 0. The molecule has 1 aliphatic heterocycles. The van der Waals surface area contributed by atoms with E-state index in [2.05, 4.69) is 16.7 Å². The first kappa shape index (κ1) is 33.9. The lowest BCUT2D eigenvalue weighted by Gasteiger charge is -2.36. The van der Waals surface area contributed by atoms with Crippen molar-refractivity contribution in [3.05, 3.63) is 68.9 Å². The second-order valence-electron chi connectivity index (χ2n) is 11.3. The fourth-order valence-electron chi connectivity index (χ4n) is 5.44. The number of ether oxygens (including phenoxy) is 3. The molecule has 0 aliphatic carbocycles. The second-order valence-corrected chi connectivity index (χ2v) is 12.1. The largest absolute Gasteiger partial charge is 0.510 e. The quantitative estimate of drug-likeness (QED) is 0.108. The number of nitrogens with zero attached hydrogens (tertiary/aromatic N) is 3. The van der Waals surface area contributed by atoms with Gasteiger partial charge >= 0.3 is 6.16 Å². The normalized spacial score (nSPS) is 13.8. The van der Waals surface area contributed by atoms with Gasteiger partial charge in [-0.05, 0) is 61.5 Å². The van der Waals surface area contributed by atoms with Crippen molar-refractivity contribution < 1.29 is 19.0 Å². The third-order valence-electron chi connectivity index (χ3n) is 8.03. The highest BCUT2D eigenvalue weighted by Crippen LogP contribution is 2.33. The molecule has 0 N–H and O–H groups in total. The molecule has 8 nitrogen and oxygen atoms in total. The van der Waals surface area contributed by atoms with Crippen molar-refractivity contribution in [3.63, 3.8) is 0 Å². The molecule has 2 heterocycles. The van der Waals surface area contributed by atoms with Crippen LogP contribution in [0.3, 0.4) is 0 Å². The summed E-state index contributed by atoms with van der Waals surface area (Å²) in [5.41, 5.74) is 1.39. The maximum Gasteiger partial charge on any atom is 0.510 e. The van der Waals surface area contributed by atoms with Gasteiger partial charge in [-0.2, -0.15) is 0 Å². The number of piperazine rings is 1. The molecule has 0 bridgehead atoms. The summed E-state index contributed by atoms with van der Waals surface area (Å²) in [5, 5.41) is 2.06. The Hall–Kier alpha value is -2.94. The highest BCUT2D eigenvalue weighted by molar-refractivity contribution is 6.43. The van der Waals surface area contributed by atoms with Gasteiger partial charge in [-0.25, -0.2) is 4.79 Å². The van der Waals surface area contributed by atoms with Crippen LogP contribution in [0.15, 0.2) is 53.3 Å².